The Bertz CT molecular complexity index is 496. The van der Waals surface area contributed by atoms with Gasteiger partial charge in [0.25, 0.3) is 0 Å². The van der Waals surface area contributed by atoms with Crippen molar-refractivity contribution in [2.75, 3.05) is 33.9 Å². The summed E-state index contributed by atoms with van der Waals surface area (Å²) >= 11 is 0. The van der Waals surface area contributed by atoms with Gasteiger partial charge < -0.3 is 20.7 Å². The van der Waals surface area contributed by atoms with Gasteiger partial charge in [-0.05, 0) is 32.1 Å². The minimum atomic E-state index is 0.141. The Kier molecular flexibility index (Phi) is 52.2. The lowest BCUT2D eigenvalue weighted by atomic mass is 10.1. The Labute approximate surface area is 262 Å². The molecule has 0 aliphatic heterocycles. The first kappa shape index (κ1) is 47.3. The summed E-state index contributed by atoms with van der Waals surface area (Å²) in [5.41, 5.74) is 0. The first-order valence-corrected chi connectivity index (χ1v) is 17.6. The maximum atomic E-state index is 10.8. The molecule has 42 heavy (non-hydrogen) atoms. The molecule has 0 saturated heterocycles. The maximum Gasteiger partial charge on any atom is 0.219 e. The van der Waals surface area contributed by atoms with Crippen molar-refractivity contribution in [1.29, 1.82) is 0 Å². The maximum absolute atomic E-state index is 10.8. The minimum Gasteiger partial charge on any atom is -0.385 e. The molecule has 0 aliphatic carbocycles. The lowest BCUT2D eigenvalue weighted by Gasteiger charge is -2.02. The van der Waals surface area contributed by atoms with E-state index in [9.17, 15) is 14.4 Å². The number of hydrogen-bond acceptors (Lipinski definition) is 4. The van der Waals surface area contributed by atoms with Gasteiger partial charge in [0.05, 0.1) is 0 Å². The van der Waals surface area contributed by atoms with Gasteiger partial charge in [0, 0.05) is 53.1 Å². The van der Waals surface area contributed by atoms with E-state index < -0.39 is 0 Å². The van der Waals surface area contributed by atoms with Crippen LogP contribution < -0.4 is 16.0 Å². The minimum absolute atomic E-state index is 0.141. The zero-order chi connectivity index (χ0) is 32.5. The smallest absolute Gasteiger partial charge is 0.219 e. The molecule has 0 atom stereocenters. The molecule has 0 heterocycles. The Morgan fingerprint density at radius 3 is 1.17 bits per heavy atom. The second-order valence-corrected chi connectivity index (χ2v) is 10.8. The van der Waals surface area contributed by atoms with Gasteiger partial charge in [-0.15, -0.1) is 0 Å². The first-order valence-electron chi connectivity index (χ1n) is 17.6. The van der Waals surface area contributed by atoms with E-state index in [0.717, 1.165) is 51.8 Å². The number of amides is 3. The van der Waals surface area contributed by atoms with Crippen molar-refractivity contribution in [3.05, 3.63) is 0 Å². The molecule has 0 aromatic heterocycles. The Balaban J connectivity index is -0.000000232. The van der Waals surface area contributed by atoms with Crippen molar-refractivity contribution < 1.29 is 19.1 Å². The monoisotopic (exact) mass is 602 g/mol. The summed E-state index contributed by atoms with van der Waals surface area (Å²) in [4.78, 5) is 32.2. The second-order valence-electron chi connectivity index (χ2n) is 10.8. The molecule has 0 bridgehead atoms. The number of hydrogen-bond donors (Lipinski definition) is 3. The molecule has 7 heteroatoms. The van der Waals surface area contributed by atoms with Crippen LogP contribution in [-0.4, -0.2) is 51.6 Å². The largest absolute Gasteiger partial charge is 0.385 e. The number of nitrogens with one attached hydrogen (secondary N) is 3. The summed E-state index contributed by atoms with van der Waals surface area (Å²) in [5.74, 6) is 0.475. The summed E-state index contributed by atoms with van der Waals surface area (Å²) in [7, 11) is 3.39. The van der Waals surface area contributed by atoms with Crippen molar-refractivity contribution in [3.8, 4) is 0 Å². The Morgan fingerprint density at radius 1 is 0.476 bits per heavy atom. The number of unbranched alkanes of at least 4 members (excludes halogenated alkanes) is 14. The zero-order valence-electron chi connectivity index (χ0n) is 29.6. The number of carbonyl (C=O) groups is 3. The van der Waals surface area contributed by atoms with Crippen LogP contribution in [0.1, 0.15) is 176 Å². The van der Waals surface area contributed by atoms with Crippen LogP contribution in [0.3, 0.4) is 0 Å². The van der Waals surface area contributed by atoms with Crippen LogP contribution in [0.2, 0.25) is 0 Å². The molecule has 3 N–H and O–H groups in total. The summed E-state index contributed by atoms with van der Waals surface area (Å²) in [6.45, 7) is 15.1. The molecule has 0 unspecified atom stereocenters. The summed E-state index contributed by atoms with van der Waals surface area (Å²) in [5, 5.41) is 8.30. The van der Waals surface area contributed by atoms with Crippen LogP contribution >= 0.6 is 0 Å². The molecular formula is C35H75N3O4. The number of ether oxygens (including phenoxy) is 1. The molecule has 0 aromatic carbocycles. The van der Waals surface area contributed by atoms with Gasteiger partial charge in [-0.25, -0.2) is 0 Å². The molecule has 0 fully saturated rings. The fourth-order valence-electron chi connectivity index (χ4n) is 3.67. The Morgan fingerprint density at radius 2 is 0.833 bits per heavy atom. The molecule has 254 valence electrons. The van der Waals surface area contributed by atoms with Gasteiger partial charge in [-0.2, -0.15) is 0 Å². The molecule has 7 nitrogen and oxygen atoms in total. The summed E-state index contributed by atoms with van der Waals surface area (Å²) in [6, 6.07) is 0. The van der Waals surface area contributed by atoms with E-state index in [1.54, 1.807) is 14.2 Å². The van der Waals surface area contributed by atoms with Gasteiger partial charge in [0.1, 0.15) is 0 Å². The van der Waals surface area contributed by atoms with Gasteiger partial charge in [-0.3, -0.25) is 14.4 Å². The molecule has 0 saturated carbocycles. The number of carbonyl (C=O) groups excluding carboxylic acids is 3. The van der Waals surface area contributed by atoms with Gasteiger partial charge in [-0.1, -0.05) is 125 Å². The molecule has 0 spiro atoms. The van der Waals surface area contributed by atoms with E-state index >= 15 is 0 Å². The molecule has 0 aromatic rings. The topological polar surface area (TPSA) is 96.5 Å². The average Bonchev–Trinajstić information content (AvgIpc) is 3.01. The van der Waals surface area contributed by atoms with Crippen molar-refractivity contribution in [1.82, 2.24) is 16.0 Å². The van der Waals surface area contributed by atoms with Crippen LogP contribution in [0, 0.1) is 0 Å². The average molecular weight is 602 g/mol. The molecule has 0 rings (SSSR count). The van der Waals surface area contributed by atoms with E-state index in [1.165, 1.54) is 83.5 Å². The lowest BCUT2D eigenvalue weighted by Crippen LogP contribution is -2.23. The second kappa shape index (κ2) is 46.3. The third-order valence-corrected chi connectivity index (χ3v) is 6.59. The van der Waals surface area contributed by atoms with E-state index in [4.69, 9.17) is 4.74 Å². The van der Waals surface area contributed by atoms with Gasteiger partial charge in [0.2, 0.25) is 17.7 Å². The quantitative estimate of drug-likeness (QED) is 0.0963. The highest BCUT2D eigenvalue weighted by Gasteiger charge is 1.96. The van der Waals surface area contributed by atoms with Crippen molar-refractivity contribution in [2.45, 2.75) is 176 Å². The van der Waals surface area contributed by atoms with E-state index in [2.05, 4.69) is 43.6 Å². The van der Waals surface area contributed by atoms with Gasteiger partial charge in [0.15, 0.2) is 0 Å². The van der Waals surface area contributed by atoms with Crippen LogP contribution in [0.15, 0.2) is 0 Å². The van der Waals surface area contributed by atoms with E-state index in [0.29, 0.717) is 19.3 Å². The highest BCUT2D eigenvalue weighted by atomic mass is 16.5. The van der Waals surface area contributed by atoms with Crippen LogP contribution in [0.25, 0.3) is 0 Å². The predicted molar refractivity (Wildman–Crippen MR) is 183 cm³/mol. The van der Waals surface area contributed by atoms with Crippen molar-refractivity contribution in [2.24, 2.45) is 0 Å². The summed E-state index contributed by atoms with van der Waals surface area (Å²) < 4.78 is 4.90. The molecule has 0 aliphatic rings. The van der Waals surface area contributed by atoms with E-state index in [-0.39, 0.29) is 17.7 Å². The summed E-state index contributed by atoms with van der Waals surface area (Å²) in [6.07, 6.45) is 24.6. The fraction of sp³-hybridized carbons (Fsp3) is 0.914. The first-order chi connectivity index (χ1) is 20.3. The zero-order valence-corrected chi connectivity index (χ0v) is 29.6. The fourth-order valence-corrected chi connectivity index (χ4v) is 3.67. The normalized spacial score (nSPS) is 9.71. The highest BCUT2D eigenvalue weighted by Crippen LogP contribution is 2.04. The molecule has 0 radical (unpaired) electrons. The number of rotatable bonds is 24. The SMILES string of the molecule is CCC(=O)NCCCCCOC.CCCCCCC(=O)NC.CCCCCCCC.CCCCCCCNC(=O)CC. The lowest BCUT2D eigenvalue weighted by molar-refractivity contribution is -0.121. The van der Waals surface area contributed by atoms with Crippen LogP contribution in [0.5, 0.6) is 0 Å². The Hall–Kier alpha value is -1.63. The predicted octanol–water partition coefficient (Wildman–Crippen LogP) is 8.88. The van der Waals surface area contributed by atoms with Crippen LogP contribution in [-0.2, 0) is 19.1 Å². The van der Waals surface area contributed by atoms with Crippen LogP contribution in [0.4, 0.5) is 0 Å². The third kappa shape index (κ3) is 54.5. The van der Waals surface area contributed by atoms with E-state index in [1.807, 2.05) is 13.8 Å². The molecule has 3 amide bonds. The van der Waals surface area contributed by atoms with Crippen molar-refractivity contribution >= 4 is 17.7 Å². The van der Waals surface area contributed by atoms with Crippen molar-refractivity contribution in [3.63, 3.8) is 0 Å². The standard InChI is InChI=1S/C10H21NO.C9H19NO2.C8H17NO.C8H18/c1-3-5-6-7-8-9-11-10(12)4-2;1-3-9(11)10-7-5-4-6-8-12-2;1-3-4-5-6-7-8(10)9-2;1-3-5-7-8-6-4-2/h3-9H2,1-2H3,(H,11,12);3-8H2,1-2H3,(H,10,11);3-7H2,1-2H3,(H,9,10);3-8H2,1-2H3. The number of methoxy groups -OCH3 is 1. The highest BCUT2D eigenvalue weighted by molar-refractivity contribution is 5.76. The molecular weight excluding hydrogens is 526 g/mol. The third-order valence-electron chi connectivity index (χ3n) is 6.59. The van der Waals surface area contributed by atoms with Gasteiger partial charge >= 0.3 is 0 Å².